The number of para-hydroxylation sites is 2. The van der Waals surface area contributed by atoms with Gasteiger partial charge in [-0.3, -0.25) is 9.59 Å². The first-order valence-electron chi connectivity index (χ1n) is 11.1. The van der Waals surface area contributed by atoms with Crippen molar-refractivity contribution in [2.24, 2.45) is 0 Å². The Morgan fingerprint density at radius 2 is 1.43 bits per heavy atom. The third kappa shape index (κ3) is 5.81. The number of allylic oxidation sites excluding steroid dienone is 2. The van der Waals surface area contributed by atoms with Crippen LogP contribution in [0.15, 0.2) is 113 Å². The van der Waals surface area contributed by atoms with Gasteiger partial charge in [0.05, 0.1) is 28.3 Å². The first-order valence-corrected chi connectivity index (χ1v) is 12.1. The standard InChI is InChI=1S/C28H24N4O2S/c1-19-25(27(34)32-22-15-9-4-10-16-22)26(20-11-5-2-6-12-20)23(17-29)28(30-19)35-18-24(33)31-21-13-7-3-8-14-21/h2-16,26,30H,18H2,1H3,(H,31,33)(H,32,34). The molecule has 6 nitrogen and oxygen atoms in total. The molecule has 1 aliphatic heterocycles. The van der Waals surface area contributed by atoms with Gasteiger partial charge in [-0.15, -0.1) is 0 Å². The topological polar surface area (TPSA) is 94.0 Å². The van der Waals surface area contributed by atoms with Crippen LogP contribution in [0, 0.1) is 11.3 Å². The molecule has 0 bridgehead atoms. The molecule has 4 rings (SSSR count). The molecule has 0 fully saturated rings. The van der Waals surface area contributed by atoms with Crippen LogP contribution in [0.3, 0.4) is 0 Å². The van der Waals surface area contributed by atoms with Gasteiger partial charge in [0.2, 0.25) is 5.91 Å². The number of rotatable bonds is 7. The summed E-state index contributed by atoms with van der Waals surface area (Å²) in [7, 11) is 0. The average Bonchev–Trinajstić information content (AvgIpc) is 2.88. The molecule has 3 N–H and O–H groups in total. The maximum atomic E-state index is 13.4. The molecule has 0 saturated heterocycles. The Bertz CT molecular complexity index is 1310. The number of hydrogen-bond acceptors (Lipinski definition) is 5. The fourth-order valence-electron chi connectivity index (χ4n) is 3.88. The van der Waals surface area contributed by atoms with Crippen LogP contribution in [0.4, 0.5) is 11.4 Å². The second-order valence-electron chi connectivity index (χ2n) is 7.89. The Morgan fingerprint density at radius 3 is 2.00 bits per heavy atom. The molecule has 0 aromatic heterocycles. The van der Waals surface area contributed by atoms with Crippen LogP contribution in [-0.2, 0) is 9.59 Å². The summed E-state index contributed by atoms with van der Waals surface area (Å²) in [5, 5.41) is 19.7. The Morgan fingerprint density at radius 1 is 0.886 bits per heavy atom. The molecule has 0 spiro atoms. The first kappa shape index (κ1) is 23.9. The lowest BCUT2D eigenvalue weighted by atomic mass is 9.82. The summed E-state index contributed by atoms with van der Waals surface area (Å²) in [5.41, 5.74) is 3.71. The number of nitrogens with zero attached hydrogens (tertiary/aromatic N) is 1. The van der Waals surface area contributed by atoms with E-state index in [4.69, 9.17) is 0 Å². The van der Waals surface area contributed by atoms with Gasteiger partial charge in [-0.05, 0) is 36.8 Å². The molecule has 1 aliphatic rings. The minimum absolute atomic E-state index is 0.114. The zero-order valence-electron chi connectivity index (χ0n) is 19.1. The summed E-state index contributed by atoms with van der Waals surface area (Å²) in [6.07, 6.45) is 0. The van der Waals surface area contributed by atoms with Crippen LogP contribution in [0.2, 0.25) is 0 Å². The lowest BCUT2D eigenvalue weighted by Crippen LogP contribution is -2.31. The van der Waals surface area contributed by atoms with Crippen molar-refractivity contribution in [3.8, 4) is 6.07 Å². The van der Waals surface area contributed by atoms with E-state index in [1.54, 1.807) is 0 Å². The maximum Gasteiger partial charge on any atom is 0.254 e. The number of carbonyl (C=O) groups excluding carboxylic acids is 2. The summed E-state index contributed by atoms with van der Waals surface area (Å²) < 4.78 is 0. The van der Waals surface area contributed by atoms with E-state index in [1.165, 1.54) is 11.8 Å². The lowest BCUT2D eigenvalue weighted by Gasteiger charge is -2.29. The molecule has 1 unspecified atom stereocenters. The second kappa shape index (κ2) is 11.2. The molecule has 3 aromatic carbocycles. The van der Waals surface area contributed by atoms with Crippen molar-refractivity contribution >= 4 is 35.0 Å². The Balaban J connectivity index is 1.61. The molecule has 3 aromatic rings. The van der Waals surface area contributed by atoms with Gasteiger partial charge in [0, 0.05) is 22.6 Å². The second-order valence-corrected chi connectivity index (χ2v) is 8.87. The largest absolute Gasteiger partial charge is 0.353 e. The van der Waals surface area contributed by atoms with E-state index in [2.05, 4.69) is 22.0 Å². The van der Waals surface area contributed by atoms with Gasteiger partial charge in [0.1, 0.15) is 0 Å². The molecule has 7 heteroatoms. The van der Waals surface area contributed by atoms with Crippen LogP contribution in [-0.4, -0.2) is 17.6 Å². The van der Waals surface area contributed by atoms with Gasteiger partial charge in [-0.1, -0.05) is 78.5 Å². The highest BCUT2D eigenvalue weighted by molar-refractivity contribution is 8.03. The summed E-state index contributed by atoms with van der Waals surface area (Å²) in [6, 6.07) is 30.2. The van der Waals surface area contributed by atoms with E-state index in [0.717, 1.165) is 5.56 Å². The normalized spacial score (nSPS) is 15.1. The van der Waals surface area contributed by atoms with Crippen molar-refractivity contribution < 1.29 is 9.59 Å². The van der Waals surface area contributed by atoms with Crippen molar-refractivity contribution in [3.63, 3.8) is 0 Å². The van der Waals surface area contributed by atoms with Crippen LogP contribution in [0.25, 0.3) is 0 Å². The van der Waals surface area contributed by atoms with E-state index >= 15 is 0 Å². The van der Waals surface area contributed by atoms with E-state index < -0.39 is 5.92 Å². The number of hydrogen-bond donors (Lipinski definition) is 3. The van der Waals surface area contributed by atoms with Crippen molar-refractivity contribution in [2.45, 2.75) is 12.8 Å². The number of benzene rings is 3. The number of carbonyl (C=O) groups is 2. The fraction of sp³-hybridized carbons (Fsp3) is 0.107. The number of amides is 2. The molecule has 1 atom stereocenters. The van der Waals surface area contributed by atoms with Crippen LogP contribution < -0.4 is 16.0 Å². The Kier molecular flexibility index (Phi) is 7.66. The van der Waals surface area contributed by atoms with Gasteiger partial charge >= 0.3 is 0 Å². The molecular formula is C28H24N4O2S. The maximum absolute atomic E-state index is 13.4. The first-order chi connectivity index (χ1) is 17.1. The van der Waals surface area contributed by atoms with Crippen LogP contribution >= 0.6 is 11.8 Å². The molecule has 0 radical (unpaired) electrons. The third-order valence-corrected chi connectivity index (χ3v) is 6.48. The van der Waals surface area contributed by atoms with Crippen molar-refractivity contribution in [3.05, 3.63) is 118 Å². The highest BCUT2D eigenvalue weighted by Gasteiger charge is 2.34. The Labute approximate surface area is 208 Å². The monoisotopic (exact) mass is 480 g/mol. The minimum Gasteiger partial charge on any atom is -0.353 e. The number of thioether (sulfide) groups is 1. The average molecular weight is 481 g/mol. The SMILES string of the molecule is CC1=C(C(=O)Nc2ccccc2)C(c2ccccc2)C(C#N)=C(SCC(=O)Nc2ccccc2)N1. The third-order valence-electron chi connectivity index (χ3n) is 5.46. The summed E-state index contributed by atoms with van der Waals surface area (Å²) in [6.45, 7) is 1.81. The van der Waals surface area contributed by atoms with Gasteiger partial charge in [-0.25, -0.2) is 0 Å². The number of anilines is 2. The minimum atomic E-state index is -0.564. The quantitative estimate of drug-likeness (QED) is 0.421. The number of nitriles is 1. The lowest BCUT2D eigenvalue weighted by molar-refractivity contribution is -0.114. The predicted molar refractivity (Wildman–Crippen MR) is 140 cm³/mol. The molecule has 2 amide bonds. The van der Waals surface area contributed by atoms with Gasteiger partial charge in [0.15, 0.2) is 0 Å². The summed E-state index contributed by atoms with van der Waals surface area (Å²) >= 11 is 1.25. The zero-order valence-corrected chi connectivity index (χ0v) is 19.9. The zero-order chi connectivity index (χ0) is 24.6. The van der Waals surface area contributed by atoms with Crippen LogP contribution in [0.1, 0.15) is 18.4 Å². The van der Waals surface area contributed by atoms with Gasteiger partial charge in [-0.2, -0.15) is 5.26 Å². The fourth-order valence-corrected chi connectivity index (χ4v) is 4.77. The van der Waals surface area contributed by atoms with E-state index in [-0.39, 0.29) is 17.6 Å². The molecule has 0 saturated carbocycles. The number of dihydropyridines is 1. The molecule has 35 heavy (non-hydrogen) atoms. The molecular weight excluding hydrogens is 456 g/mol. The van der Waals surface area contributed by atoms with Crippen LogP contribution in [0.5, 0.6) is 0 Å². The highest BCUT2D eigenvalue weighted by Crippen LogP contribution is 2.40. The van der Waals surface area contributed by atoms with E-state index in [0.29, 0.717) is 33.2 Å². The van der Waals surface area contributed by atoms with Gasteiger partial charge in [0.25, 0.3) is 5.91 Å². The number of nitrogens with one attached hydrogen (secondary N) is 3. The molecule has 1 heterocycles. The van der Waals surface area contributed by atoms with E-state index in [1.807, 2.05) is 97.9 Å². The van der Waals surface area contributed by atoms with E-state index in [9.17, 15) is 14.9 Å². The Hall–Kier alpha value is -4.28. The molecule has 174 valence electrons. The summed E-state index contributed by atoms with van der Waals surface area (Å²) in [5.74, 6) is -0.916. The van der Waals surface area contributed by atoms with Crippen molar-refractivity contribution in [1.29, 1.82) is 5.26 Å². The van der Waals surface area contributed by atoms with Crippen molar-refractivity contribution in [2.75, 3.05) is 16.4 Å². The predicted octanol–water partition coefficient (Wildman–Crippen LogP) is 5.39. The highest BCUT2D eigenvalue weighted by atomic mass is 32.2. The smallest absolute Gasteiger partial charge is 0.254 e. The van der Waals surface area contributed by atoms with Gasteiger partial charge < -0.3 is 16.0 Å². The van der Waals surface area contributed by atoms with Crippen molar-refractivity contribution in [1.82, 2.24) is 5.32 Å². The summed E-state index contributed by atoms with van der Waals surface area (Å²) in [4.78, 5) is 25.9. The molecule has 0 aliphatic carbocycles.